The molecule has 3 aromatic carbocycles. The first-order valence-corrected chi connectivity index (χ1v) is 8.80. The van der Waals surface area contributed by atoms with Gasteiger partial charge < -0.3 is 14.7 Å². The smallest absolute Gasteiger partial charge is 0.406 e. The minimum absolute atomic E-state index is 0.255. The lowest BCUT2D eigenvalue weighted by atomic mass is 10.0. The van der Waals surface area contributed by atoms with Gasteiger partial charge in [0.05, 0.1) is 11.0 Å². The first-order valence-electron chi connectivity index (χ1n) is 8.80. The summed E-state index contributed by atoms with van der Waals surface area (Å²) in [4.78, 5) is 17.7. The van der Waals surface area contributed by atoms with Crippen molar-refractivity contribution in [1.82, 2.24) is 9.97 Å². The number of hydrogen-bond acceptors (Lipinski definition) is 2. The van der Waals surface area contributed by atoms with Crippen LogP contribution in [0.1, 0.15) is 10.4 Å². The first-order chi connectivity index (χ1) is 13.9. The molecule has 0 aliphatic carbocycles. The van der Waals surface area contributed by atoms with E-state index in [0.717, 1.165) is 50.1 Å². The third-order valence-corrected chi connectivity index (χ3v) is 5.01. The number of halogens is 3. The number of carbonyl (C=O) groups is 1. The maximum atomic E-state index is 12.3. The number of carbonyl (C=O) groups excluding carboxylic acids is 1. The zero-order valence-corrected chi connectivity index (χ0v) is 14.8. The summed E-state index contributed by atoms with van der Waals surface area (Å²) < 4.78 is 40.9. The molecule has 0 saturated heterocycles. The molecule has 0 amide bonds. The molecule has 0 aliphatic heterocycles. The van der Waals surface area contributed by atoms with Gasteiger partial charge in [0, 0.05) is 33.4 Å². The van der Waals surface area contributed by atoms with Gasteiger partial charge in [-0.3, -0.25) is 4.79 Å². The van der Waals surface area contributed by atoms with Crippen molar-refractivity contribution < 1.29 is 22.7 Å². The second-order valence-corrected chi connectivity index (χ2v) is 6.73. The van der Waals surface area contributed by atoms with E-state index in [1.54, 1.807) is 18.3 Å². The first kappa shape index (κ1) is 17.4. The van der Waals surface area contributed by atoms with E-state index in [1.165, 1.54) is 12.1 Å². The summed E-state index contributed by atoms with van der Waals surface area (Å²) in [5.74, 6) is -0.255. The van der Waals surface area contributed by atoms with Crippen LogP contribution in [0.4, 0.5) is 13.2 Å². The van der Waals surface area contributed by atoms with Crippen LogP contribution in [0.25, 0.3) is 43.8 Å². The molecule has 0 unspecified atom stereocenters. The molecule has 0 fully saturated rings. The number of fused-ring (bicyclic) bond motifs is 5. The summed E-state index contributed by atoms with van der Waals surface area (Å²) in [5, 5.41) is 2.82. The highest BCUT2D eigenvalue weighted by Crippen LogP contribution is 2.34. The molecular formula is C22H13F3N2O2. The Kier molecular flexibility index (Phi) is 3.67. The number of benzene rings is 3. The van der Waals surface area contributed by atoms with Crippen LogP contribution in [0.15, 0.2) is 60.8 Å². The summed E-state index contributed by atoms with van der Waals surface area (Å²) in [6.45, 7) is 0. The fourth-order valence-corrected chi connectivity index (χ4v) is 3.71. The quantitative estimate of drug-likeness (QED) is 0.359. The Bertz CT molecular complexity index is 1380. The molecule has 29 heavy (non-hydrogen) atoms. The fraction of sp³-hybridized carbons (Fsp3) is 0.0455. The Labute approximate surface area is 161 Å². The molecule has 0 saturated carbocycles. The van der Waals surface area contributed by atoms with Gasteiger partial charge in [-0.2, -0.15) is 0 Å². The Morgan fingerprint density at radius 3 is 2.28 bits per heavy atom. The van der Waals surface area contributed by atoms with Gasteiger partial charge in [0.15, 0.2) is 6.29 Å². The molecule has 4 nitrogen and oxygen atoms in total. The largest absolute Gasteiger partial charge is 0.573 e. The van der Waals surface area contributed by atoms with E-state index in [9.17, 15) is 18.0 Å². The van der Waals surface area contributed by atoms with Crippen molar-refractivity contribution in [2.24, 2.45) is 0 Å². The van der Waals surface area contributed by atoms with E-state index < -0.39 is 6.36 Å². The van der Waals surface area contributed by atoms with Crippen molar-refractivity contribution in [3.63, 3.8) is 0 Å². The van der Waals surface area contributed by atoms with Crippen LogP contribution in [-0.4, -0.2) is 22.6 Å². The predicted octanol–water partition coefficient (Wildman–Crippen LogP) is 6.18. The monoisotopic (exact) mass is 394 g/mol. The van der Waals surface area contributed by atoms with E-state index in [-0.39, 0.29) is 5.75 Å². The maximum Gasteiger partial charge on any atom is 0.573 e. The number of alkyl halides is 3. The molecule has 0 bridgehead atoms. The van der Waals surface area contributed by atoms with Crippen LogP contribution in [-0.2, 0) is 0 Å². The summed E-state index contributed by atoms with van der Waals surface area (Å²) in [5.41, 5.74) is 4.93. The number of nitrogens with one attached hydrogen (secondary N) is 2. The number of ether oxygens (including phenoxy) is 1. The topological polar surface area (TPSA) is 57.9 Å². The Hall–Kier alpha value is -3.74. The van der Waals surface area contributed by atoms with E-state index in [0.29, 0.717) is 5.56 Å². The van der Waals surface area contributed by atoms with Crippen molar-refractivity contribution >= 4 is 39.0 Å². The van der Waals surface area contributed by atoms with Crippen LogP contribution >= 0.6 is 0 Å². The Balaban J connectivity index is 1.61. The molecule has 0 spiro atoms. The van der Waals surface area contributed by atoms with Gasteiger partial charge in [-0.1, -0.05) is 30.3 Å². The third kappa shape index (κ3) is 2.91. The number of hydrogen-bond donors (Lipinski definition) is 2. The fourth-order valence-electron chi connectivity index (χ4n) is 3.71. The zero-order valence-electron chi connectivity index (χ0n) is 14.8. The molecule has 7 heteroatoms. The van der Waals surface area contributed by atoms with Crippen LogP contribution in [0.2, 0.25) is 0 Å². The molecule has 144 valence electrons. The zero-order chi connectivity index (χ0) is 20.2. The summed E-state index contributed by atoms with van der Waals surface area (Å²) in [7, 11) is 0. The lowest BCUT2D eigenvalue weighted by molar-refractivity contribution is -0.274. The molecule has 2 N–H and O–H groups in total. The van der Waals surface area contributed by atoms with Crippen molar-refractivity contribution in [2.45, 2.75) is 6.36 Å². The van der Waals surface area contributed by atoms with E-state index >= 15 is 0 Å². The highest BCUT2D eigenvalue weighted by Gasteiger charge is 2.30. The van der Waals surface area contributed by atoms with Crippen molar-refractivity contribution in [2.75, 3.05) is 0 Å². The lowest BCUT2D eigenvalue weighted by Crippen LogP contribution is -2.16. The molecule has 0 radical (unpaired) electrons. The molecule has 0 atom stereocenters. The average molecular weight is 394 g/mol. The molecule has 2 heterocycles. The minimum Gasteiger partial charge on any atom is -0.406 e. The van der Waals surface area contributed by atoms with Crippen LogP contribution < -0.4 is 4.74 Å². The number of aromatic amines is 2. The van der Waals surface area contributed by atoms with Gasteiger partial charge in [-0.25, -0.2) is 0 Å². The van der Waals surface area contributed by atoms with Crippen molar-refractivity contribution in [3.05, 3.63) is 66.4 Å². The van der Waals surface area contributed by atoms with Crippen LogP contribution in [0, 0.1) is 0 Å². The SMILES string of the molecule is O=Cc1c[nH]c2c1ccc1c3cc(-c4ccc(OC(F)(F)F)cc4)ccc3[nH]c12. The second-order valence-electron chi connectivity index (χ2n) is 6.73. The highest BCUT2D eigenvalue weighted by atomic mass is 19.4. The molecule has 2 aromatic heterocycles. The number of aromatic nitrogens is 2. The standard InChI is InChI=1S/C22H13F3N2O2/c23-22(24,25)29-15-4-1-12(2-5-15)13-3-8-19-18(9-13)17-7-6-16-14(11-28)10-26-20(16)21(17)27-19/h1-11,26-27H. The van der Waals surface area contributed by atoms with E-state index in [2.05, 4.69) is 14.7 Å². The Morgan fingerprint density at radius 1 is 0.828 bits per heavy atom. The van der Waals surface area contributed by atoms with Gasteiger partial charge in [0.2, 0.25) is 0 Å². The van der Waals surface area contributed by atoms with E-state index in [1.807, 2.05) is 30.3 Å². The van der Waals surface area contributed by atoms with Crippen molar-refractivity contribution in [1.29, 1.82) is 0 Å². The van der Waals surface area contributed by atoms with Gasteiger partial charge >= 0.3 is 6.36 Å². The minimum atomic E-state index is -4.71. The summed E-state index contributed by atoms with van der Waals surface area (Å²) >= 11 is 0. The van der Waals surface area contributed by atoms with E-state index in [4.69, 9.17) is 0 Å². The second kappa shape index (κ2) is 6.13. The maximum absolute atomic E-state index is 12.3. The number of aldehydes is 1. The molecular weight excluding hydrogens is 381 g/mol. The van der Waals surface area contributed by atoms with Crippen LogP contribution in [0.3, 0.4) is 0 Å². The van der Waals surface area contributed by atoms with Crippen molar-refractivity contribution in [3.8, 4) is 16.9 Å². The van der Waals surface area contributed by atoms with Gasteiger partial charge in [-0.05, 0) is 35.4 Å². The third-order valence-electron chi connectivity index (χ3n) is 5.01. The van der Waals surface area contributed by atoms with Gasteiger partial charge in [-0.15, -0.1) is 13.2 Å². The predicted molar refractivity (Wildman–Crippen MR) is 105 cm³/mol. The molecule has 0 aliphatic rings. The summed E-state index contributed by atoms with van der Waals surface area (Å²) in [6, 6.07) is 15.5. The normalized spacial score (nSPS) is 12.1. The van der Waals surface area contributed by atoms with Crippen LogP contribution in [0.5, 0.6) is 5.75 Å². The molecule has 5 aromatic rings. The Morgan fingerprint density at radius 2 is 1.55 bits per heavy atom. The molecule has 5 rings (SSSR count). The number of rotatable bonds is 3. The number of H-pyrrole nitrogens is 2. The van der Waals surface area contributed by atoms with Gasteiger partial charge in [0.1, 0.15) is 5.75 Å². The lowest BCUT2D eigenvalue weighted by Gasteiger charge is -2.09. The van der Waals surface area contributed by atoms with Gasteiger partial charge in [0.25, 0.3) is 0 Å². The summed E-state index contributed by atoms with van der Waals surface area (Å²) in [6.07, 6.45) is -2.21. The average Bonchev–Trinajstić information content (AvgIpc) is 3.27. The highest BCUT2D eigenvalue weighted by molar-refractivity contribution is 6.18.